The predicted molar refractivity (Wildman–Crippen MR) is 73.6 cm³/mol. The molecule has 0 spiro atoms. The van der Waals surface area contributed by atoms with Crippen LogP contribution in [0, 0.1) is 0 Å². The number of rotatable bonds is 6. The molecular weight excluding hydrogens is 260 g/mol. The fourth-order valence-corrected chi connectivity index (χ4v) is 1.50. The van der Waals surface area contributed by atoms with Gasteiger partial charge in [-0.2, -0.15) is 0 Å². The minimum atomic E-state index is -0.711. The Bertz CT molecular complexity index is 467. The molecule has 1 aromatic carbocycles. The molecule has 0 aliphatic rings. The monoisotopic (exact) mass is 278 g/mol. The summed E-state index contributed by atoms with van der Waals surface area (Å²) in [7, 11) is 0. The fraction of sp³-hybridized carbons (Fsp3) is 0.333. The molecule has 0 unspecified atom stereocenters. The highest BCUT2D eigenvalue weighted by Crippen LogP contribution is 2.12. The van der Waals surface area contributed by atoms with Crippen molar-refractivity contribution in [2.75, 3.05) is 13.2 Å². The fourth-order valence-electron chi connectivity index (χ4n) is 1.50. The van der Waals surface area contributed by atoms with E-state index in [0.717, 1.165) is 5.56 Å². The van der Waals surface area contributed by atoms with Gasteiger partial charge in [-0.3, -0.25) is 0 Å². The molecule has 20 heavy (non-hydrogen) atoms. The van der Waals surface area contributed by atoms with Crippen LogP contribution in [0.15, 0.2) is 29.8 Å². The van der Waals surface area contributed by atoms with Gasteiger partial charge in [-0.25, -0.2) is 9.59 Å². The van der Waals surface area contributed by atoms with Gasteiger partial charge in [-0.05, 0) is 31.1 Å². The largest absolute Gasteiger partial charge is 0.462 e. The molecule has 0 aromatic heterocycles. The van der Waals surface area contributed by atoms with E-state index < -0.39 is 11.9 Å². The molecule has 0 bridgehead atoms. The first-order chi connectivity index (χ1) is 9.62. The highest BCUT2D eigenvalue weighted by atomic mass is 16.6. The normalized spacial score (nSPS) is 9.75. The van der Waals surface area contributed by atoms with E-state index in [1.54, 1.807) is 38.1 Å². The molecule has 1 N–H and O–H groups in total. The van der Waals surface area contributed by atoms with E-state index in [1.165, 1.54) is 6.08 Å². The zero-order valence-corrected chi connectivity index (χ0v) is 11.6. The summed E-state index contributed by atoms with van der Waals surface area (Å²) in [4.78, 5) is 23.5. The molecule has 1 rings (SSSR count). The summed E-state index contributed by atoms with van der Waals surface area (Å²) in [5.41, 5.74) is 1.25. The van der Waals surface area contributed by atoms with Crippen molar-refractivity contribution in [3.8, 4) is 0 Å². The number of aliphatic hydroxyl groups excluding tert-OH is 1. The molecule has 0 radical (unpaired) electrons. The van der Waals surface area contributed by atoms with Crippen LogP contribution < -0.4 is 0 Å². The summed E-state index contributed by atoms with van der Waals surface area (Å²) in [6.07, 6.45) is 1.41. The van der Waals surface area contributed by atoms with E-state index in [9.17, 15) is 9.59 Å². The summed E-state index contributed by atoms with van der Waals surface area (Å²) in [6.45, 7) is 3.62. The second-order valence-electron chi connectivity index (χ2n) is 3.90. The molecule has 5 heteroatoms. The van der Waals surface area contributed by atoms with Crippen molar-refractivity contribution in [2.24, 2.45) is 0 Å². The van der Waals surface area contributed by atoms with Crippen molar-refractivity contribution < 1.29 is 24.2 Å². The number of hydrogen-bond donors (Lipinski definition) is 1. The summed E-state index contributed by atoms with van der Waals surface area (Å²) in [6, 6.07) is 6.81. The Morgan fingerprint density at radius 3 is 1.95 bits per heavy atom. The lowest BCUT2D eigenvalue weighted by molar-refractivity contribution is -0.146. The number of benzene rings is 1. The third-order valence-electron chi connectivity index (χ3n) is 2.46. The van der Waals surface area contributed by atoms with Gasteiger partial charge in [-0.1, -0.05) is 24.3 Å². The van der Waals surface area contributed by atoms with Gasteiger partial charge in [0.25, 0.3) is 0 Å². The molecule has 0 saturated heterocycles. The summed E-state index contributed by atoms with van der Waals surface area (Å²) < 4.78 is 9.68. The van der Waals surface area contributed by atoms with Gasteiger partial charge in [0.2, 0.25) is 0 Å². The van der Waals surface area contributed by atoms with Crippen LogP contribution in [0.4, 0.5) is 0 Å². The highest BCUT2D eigenvalue weighted by molar-refractivity contribution is 6.17. The Labute approximate surface area is 117 Å². The second-order valence-corrected chi connectivity index (χ2v) is 3.90. The average Bonchev–Trinajstić information content (AvgIpc) is 2.45. The number of carbonyl (C=O) groups excluding carboxylic acids is 2. The zero-order chi connectivity index (χ0) is 15.0. The quantitative estimate of drug-likeness (QED) is 0.371. The van der Waals surface area contributed by atoms with Gasteiger partial charge in [0, 0.05) is 0 Å². The van der Waals surface area contributed by atoms with E-state index in [1.807, 2.05) is 0 Å². The number of ether oxygens (including phenoxy) is 2. The molecule has 0 aliphatic heterocycles. The number of hydrogen-bond acceptors (Lipinski definition) is 5. The minimum absolute atomic E-state index is 0.0629. The Balaban J connectivity index is 3.03. The third-order valence-corrected chi connectivity index (χ3v) is 2.46. The molecule has 0 heterocycles. The molecule has 0 amide bonds. The van der Waals surface area contributed by atoms with Gasteiger partial charge in [0.15, 0.2) is 0 Å². The molecule has 0 fully saturated rings. The molecule has 5 nitrogen and oxygen atoms in total. The topological polar surface area (TPSA) is 72.8 Å². The minimum Gasteiger partial charge on any atom is -0.462 e. The first kappa shape index (κ1) is 15.9. The average molecular weight is 278 g/mol. The van der Waals surface area contributed by atoms with E-state index in [-0.39, 0.29) is 25.4 Å². The van der Waals surface area contributed by atoms with Crippen molar-refractivity contribution in [3.05, 3.63) is 41.0 Å². The van der Waals surface area contributed by atoms with Crippen LogP contribution >= 0.6 is 0 Å². The number of aliphatic hydroxyl groups is 1. The van der Waals surface area contributed by atoms with Crippen LogP contribution in [0.1, 0.15) is 25.0 Å². The van der Waals surface area contributed by atoms with Crippen molar-refractivity contribution >= 4 is 18.0 Å². The van der Waals surface area contributed by atoms with Crippen LogP contribution in [0.3, 0.4) is 0 Å². The SMILES string of the molecule is CCOC(=O)C(=Cc1ccc(CO)cc1)C(=O)OCC. The van der Waals surface area contributed by atoms with E-state index in [4.69, 9.17) is 14.6 Å². The van der Waals surface area contributed by atoms with Crippen molar-refractivity contribution in [1.82, 2.24) is 0 Å². The predicted octanol–water partition coefficient (Wildman–Crippen LogP) is 1.69. The summed E-state index contributed by atoms with van der Waals surface area (Å²) in [5.74, 6) is -1.42. The Kier molecular flexibility index (Phi) is 6.46. The van der Waals surface area contributed by atoms with Gasteiger partial charge in [0.1, 0.15) is 5.57 Å². The lowest BCUT2D eigenvalue weighted by Crippen LogP contribution is -2.18. The van der Waals surface area contributed by atoms with Crippen molar-refractivity contribution in [2.45, 2.75) is 20.5 Å². The smallest absolute Gasteiger partial charge is 0.345 e. The second kappa shape index (κ2) is 8.12. The van der Waals surface area contributed by atoms with Gasteiger partial charge < -0.3 is 14.6 Å². The van der Waals surface area contributed by atoms with Crippen LogP contribution in [-0.2, 0) is 25.7 Å². The molecule has 0 atom stereocenters. The molecule has 0 saturated carbocycles. The zero-order valence-electron chi connectivity index (χ0n) is 11.6. The summed E-state index contributed by atoms with van der Waals surface area (Å²) >= 11 is 0. The van der Waals surface area contributed by atoms with Crippen LogP contribution in [0.2, 0.25) is 0 Å². The Hall–Kier alpha value is -2.14. The first-order valence-corrected chi connectivity index (χ1v) is 6.38. The molecule has 108 valence electrons. The Morgan fingerprint density at radius 1 is 1.05 bits per heavy atom. The van der Waals surface area contributed by atoms with Crippen molar-refractivity contribution in [3.63, 3.8) is 0 Å². The van der Waals surface area contributed by atoms with E-state index in [0.29, 0.717) is 5.56 Å². The maximum atomic E-state index is 11.8. The van der Waals surface area contributed by atoms with Crippen LogP contribution in [0.5, 0.6) is 0 Å². The standard InChI is InChI=1S/C15H18O5/c1-3-19-14(17)13(15(18)20-4-2)9-11-5-7-12(10-16)8-6-11/h5-9,16H,3-4,10H2,1-2H3. The molecule has 0 aliphatic carbocycles. The molecular formula is C15H18O5. The Morgan fingerprint density at radius 2 is 1.55 bits per heavy atom. The first-order valence-electron chi connectivity index (χ1n) is 6.38. The maximum Gasteiger partial charge on any atom is 0.345 e. The lowest BCUT2D eigenvalue weighted by Gasteiger charge is -2.06. The number of carbonyl (C=O) groups is 2. The summed E-state index contributed by atoms with van der Waals surface area (Å²) in [5, 5.41) is 8.96. The van der Waals surface area contributed by atoms with Gasteiger partial charge in [0.05, 0.1) is 19.8 Å². The van der Waals surface area contributed by atoms with Crippen LogP contribution in [-0.4, -0.2) is 30.3 Å². The van der Waals surface area contributed by atoms with Crippen molar-refractivity contribution in [1.29, 1.82) is 0 Å². The lowest BCUT2D eigenvalue weighted by atomic mass is 10.1. The highest BCUT2D eigenvalue weighted by Gasteiger charge is 2.20. The number of esters is 2. The van der Waals surface area contributed by atoms with E-state index >= 15 is 0 Å². The van der Waals surface area contributed by atoms with Gasteiger partial charge in [-0.15, -0.1) is 0 Å². The third kappa shape index (κ3) is 4.51. The maximum absolute atomic E-state index is 11.8. The van der Waals surface area contributed by atoms with Crippen LogP contribution in [0.25, 0.3) is 6.08 Å². The molecule has 1 aromatic rings. The van der Waals surface area contributed by atoms with E-state index in [2.05, 4.69) is 0 Å². The van der Waals surface area contributed by atoms with Gasteiger partial charge >= 0.3 is 11.9 Å².